The summed E-state index contributed by atoms with van der Waals surface area (Å²) in [6, 6.07) is 3.57. The van der Waals surface area contributed by atoms with E-state index in [-0.39, 0.29) is 16.7 Å². The summed E-state index contributed by atoms with van der Waals surface area (Å²) in [4.78, 5) is 36.0. The van der Waals surface area contributed by atoms with E-state index in [0.717, 1.165) is 51.9 Å². The quantitative estimate of drug-likeness (QED) is 0.796. The Kier molecular flexibility index (Phi) is 4.49. The van der Waals surface area contributed by atoms with Gasteiger partial charge in [0.1, 0.15) is 0 Å². The molecule has 1 aromatic rings. The van der Waals surface area contributed by atoms with E-state index in [2.05, 4.69) is 16.9 Å². The highest BCUT2D eigenvalue weighted by atomic mass is 16.2. The van der Waals surface area contributed by atoms with Gasteiger partial charge < -0.3 is 14.7 Å². The maximum atomic E-state index is 13.1. The number of nitrogens with zero attached hydrogens (tertiary/aromatic N) is 4. The van der Waals surface area contributed by atoms with Gasteiger partial charge in [-0.15, -0.1) is 0 Å². The Morgan fingerprint density at radius 2 is 1.78 bits per heavy atom. The fraction of sp³-hybridized carbons (Fsp3) is 0.667. The minimum Gasteiger partial charge on any atom is -0.348 e. The normalized spacial score (nSPS) is 29.7. The zero-order valence-electron chi connectivity index (χ0n) is 16.6. The molecule has 1 saturated carbocycles. The summed E-state index contributed by atoms with van der Waals surface area (Å²) in [6.45, 7) is 3.44. The van der Waals surface area contributed by atoms with Gasteiger partial charge in [-0.05, 0) is 56.2 Å². The molecular formula is C21H30N4O2. The lowest BCUT2D eigenvalue weighted by atomic mass is 9.65. The van der Waals surface area contributed by atoms with Crippen molar-refractivity contribution in [3.8, 4) is 0 Å². The second-order valence-electron chi connectivity index (χ2n) is 9.00. The third-order valence-electron chi connectivity index (χ3n) is 7.33. The van der Waals surface area contributed by atoms with E-state index in [1.165, 1.54) is 0 Å². The van der Waals surface area contributed by atoms with Gasteiger partial charge in [-0.1, -0.05) is 0 Å². The maximum absolute atomic E-state index is 13.1. The van der Waals surface area contributed by atoms with E-state index in [1.807, 2.05) is 19.0 Å². The highest BCUT2D eigenvalue weighted by Gasteiger charge is 2.64. The summed E-state index contributed by atoms with van der Waals surface area (Å²) in [5, 5.41) is 0. The Labute approximate surface area is 161 Å². The Balaban J connectivity index is 1.51. The van der Waals surface area contributed by atoms with Crippen molar-refractivity contribution in [2.24, 2.45) is 16.7 Å². The second kappa shape index (κ2) is 6.59. The lowest BCUT2D eigenvalue weighted by molar-refractivity contribution is -0.141. The maximum Gasteiger partial charge on any atom is 0.253 e. The molecule has 0 aromatic carbocycles. The molecule has 2 aliphatic heterocycles. The number of likely N-dealkylation sites (tertiary alicyclic amines) is 2. The van der Waals surface area contributed by atoms with Crippen LogP contribution in [-0.4, -0.2) is 78.8 Å². The molecule has 0 radical (unpaired) electrons. The van der Waals surface area contributed by atoms with Crippen LogP contribution in [0, 0.1) is 16.7 Å². The topological polar surface area (TPSA) is 56.8 Å². The summed E-state index contributed by atoms with van der Waals surface area (Å²) in [5.74, 6) is 0.802. The van der Waals surface area contributed by atoms with Crippen LogP contribution < -0.4 is 0 Å². The number of amides is 2. The molecular weight excluding hydrogens is 340 g/mol. The lowest BCUT2D eigenvalue weighted by Gasteiger charge is -2.44. The fourth-order valence-electron chi connectivity index (χ4n) is 6.02. The van der Waals surface area contributed by atoms with Gasteiger partial charge in [0.25, 0.3) is 5.91 Å². The Bertz CT molecular complexity index is 727. The first kappa shape index (κ1) is 18.4. The Morgan fingerprint density at radius 3 is 2.41 bits per heavy atom. The molecule has 4 rings (SSSR count). The van der Waals surface area contributed by atoms with Gasteiger partial charge in [-0.3, -0.25) is 14.6 Å². The van der Waals surface area contributed by atoms with Crippen LogP contribution in [-0.2, 0) is 4.79 Å². The van der Waals surface area contributed by atoms with Crippen molar-refractivity contribution in [1.29, 1.82) is 0 Å². The number of rotatable bonds is 2. The number of carbonyl (C=O) groups is 2. The number of hydrogen-bond acceptors (Lipinski definition) is 4. The van der Waals surface area contributed by atoms with Crippen LogP contribution in [0.3, 0.4) is 0 Å². The van der Waals surface area contributed by atoms with Crippen molar-refractivity contribution >= 4 is 11.8 Å². The molecule has 3 fully saturated rings. The van der Waals surface area contributed by atoms with Crippen molar-refractivity contribution in [1.82, 2.24) is 19.7 Å². The van der Waals surface area contributed by atoms with Crippen LogP contribution in [0.4, 0.5) is 0 Å². The van der Waals surface area contributed by atoms with Gasteiger partial charge >= 0.3 is 0 Å². The highest BCUT2D eigenvalue weighted by Crippen LogP contribution is 2.62. The third-order valence-corrected chi connectivity index (χ3v) is 7.33. The average molecular weight is 370 g/mol. The zero-order chi connectivity index (χ0) is 19.2. The molecule has 2 atom stereocenters. The lowest BCUT2D eigenvalue weighted by Crippen LogP contribution is -2.49. The standard InChI is InChI=1S/C21H30N4O2/c1-23(2)19(27)21-7-6-20(17(21)14-24(3)15-21)8-12-25(13-9-20)18(26)16-4-10-22-11-5-16/h4-5,10-11,17H,6-9,12-15H2,1-3H3/t17-,21+/m0/s1. The van der Waals surface area contributed by atoms with Crippen molar-refractivity contribution in [3.05, 3.63) is 30.1 Å². The predicted molar refractivity (Wildman–Crippen MR) is 103 cm³/mol. The molecule has 1 aliphatic carbocycles. The van der Waals surface area contributed by atoms with Crippen molar-refractivity contribution in [3.63, 3.8) is 0 Å². The first-order chi connectivity index (χ1) is 12.9. The molecule has 146 valence electrons. The Hall–Kier alpha value is -1.95. The molecule has 3 aliphatic rings. The number of carbonyl (C=O) groups excluding carboxylic acids is 2. The summed E-state index contributed by atoms with van der Waals surface area (Å²) >= 11 is 0. The van der Waals surface area contributed by atoms with E-state index < -0.39 is 0 Å². The zero-order valence-corrected chi connectivity index (χ0v) is 16.6. The van der Waals surface area contributed by atoms with E-state index in [0.29, 0.717) is 17.4 Å². The highest BCUT2D eigenvalue weighted by molar-refractivity contribution is 5.94. The van der Waals surface area contributed by atoms with Gasteiger partial charge in [0, 0.05) is 58.2 Å². The van der Waals surface area contributed by atoms with E-state index in [1.54, 1.807) is 29.4 Å². The minimum atomic E-state index is -0.227. The van der Waals surface area contributed by atoms with Gasteiger partial charge in [0.2, 0.25) is 5.91 Å². The second-order valence-corrected chi connectivity index (χ2v) is 9.00. The van der Waals surface area contributed by atoms with Crippen LogP contribution in [0.1, 0.15) is 36.0 Å². The van der Waals surface area contributed by atoms with Crippen molar-refractivity contribution in [2.75, 3.05) is 47.3 Å². The molecule has 6 heteroatoms. The minimum absolute atomic E-state index is 0.101. The molecule has 6 nitrogen and oxygen atoms in total. The first-order valence-electron chi connectivity index (χ1n) is 9.98. The summed E-state index contributed by atoms with van der Waals surface area (Å²) < 4.78 is 0. The number of pyridine rings is 1. The van der Waals surface area contributed by atoms with Crippen molar-refractivity contribution < 1.29 is 9.59 Å². The molecule has 2 saturated heterocycles. The number of aromatic nitrogens is 1. The molecule has 0 N–H and O–H groups in total. The molecule has 2 amide bonds. The number of hydrogen-bond donors (Lipinski definition) is 0. The molecule has 27 heavy (non-hydrogen) atoms. The summed E-state index contributed by atoms with van der Waals surface area (Å²) in [7, 11) is 5.90. The number of piperidine rings is 1. The summed E-state index contributed by atoms with van der Waals surface area (Å²) in [5.41, 5.74) is 0.686. The van der Waals surface area contributed by atoms with Crippen LogP contribution in [0.2, 0.25) is 0 Å². The Morgan fingerprint density at radius 1 is 1.11 bits per heavy atom. The van der Waals surface area contributed by atoms with Gasteiger partial charge in [-0.25, -0.2) is 0 Å². The summed E-state index contributed by atoms with van der Waals surface area (Å²) in [6.07, 6.45) is 7.45. The van der Waals surface area contributed by atoms with E-state index in [4.69, 9.17) is 0 Å². The van der Waals surface area contributed by atoms with Crippen LogP contribution in [0.15, 0.2) is 24.5 Å². The molecule has 0 unspecified atom stereocenters. The van der Waals surface area contributed by atoms with Gasteiger partial charge in [-0.2, -0.15) is 0 Å². The molecule has 3 heterocycles. The fourth-order valence-corrected chi connectivity index (χ4v) is 6.02. The van der Waals surface area contributed by atoms with Crippen LogP contribution in [0.25, 0.3) is 0 Å². The monoisotopic (exact) mass is 370 g/mol. The predicted octanol–water partition coefficient (Wildman–Crippen LogP) is 1.73. The molecule has 0 bridgehead atoms. The number of fused-ring (bicyclic) bond motifs is 2. The average Bonchev–Trinajstić information content (AvgIpc) is 3.17. The molecule has 1 aromatic heterocycles. The van der Waals surface area contributed by atoms with Gasteiger partial charge in [0.05, 0.1) is 5.41 Å². The largest absolute Gasteiger partial charge is 0.348 e. The SMILES string of the molecule is CN1C[C@H]2C3(CCN(C(=O)c4ccncc4)CC3)CC[C@@]2(C(=O)N(C)C)C1. The first-order valence-corrected chi connectivity index (χ1v) is 9.98. The molecule has 1 spiro atoms. The van der Waals surface area contributed by atoms with E-state index >= 15 is 0 Å². The van der Waals surface area contributed by atoms with Crippen molar-refractivity contribution in [2.45, 2.75) is 25.7 Å². The van der Waals surface area contributed by atoms with Crippen LogP contribution >= 0.6 is 0 Å². The van der Waals surface area contributed by atoms with Gasteiger partial charge in [0.15, 0.2) is 0 Å². The van der Waals surface area contributed by atoms with Crippen LogP contribution in [0.5, 0.6) is 0 Å². The third kappa shape index (κ3) is 2.85. The smallest absolute Gasteiger partial charge is 0.253 e. The van der Waals surface area contributed by atoms with E-state index in [9.17, 15) is 9.59 Å².